The second-order valence-corrected chi connectivity index (χ2v) is 10.3. The van der Waals surface area contributed by atoms with Crippen LogP contribution in [0, 0.1) is 5.92 Å². The minimum atomic E-state index is -0.299. The summed E-state index contributed by atoms with van der Waals surface area (Å²) in [6.45, 7) is 0. The smallest absolute Gasteiger partial charge is 0.224 e. The molecular weight excluding hydrogens is 489 g/mol. The maximum atomic E-state index is 11.7. The van der Waals surface area contributed by atoms with E-state index in [2.05, 4.69) is 20.2 Å². The number of amides is 1. The summed E-state index contributed by atoms with van der Waals surface area (Å²) in [6.07, 6.45) is 7.80. The van der Waals surface area contributed by atoms with Gasteiger partial charge in [0.15, 0.2) is 5.65 Å². The largest absolute Gasteiger partial charge is 0.393 e. The fourth-order valence-electron chi connectivity index (χ4n) is 5.22. The van der Waals surface area contributed by atoms with Gasteiger partial charge in [0.25, 0.3) is 0 Å². The number of hydrogen-bond donors (Lipinski definition) is 4. The molecule has 0 aliphatic heterocycles. The third-order valence-corrected chi connectivity index (χ3v) is 7.71. The summed E-state index contributed by atoms with van der Waals surface area (Å²) in [5.74, 6) is 0.714. The molecule has 35 heavy (non-hydrogen) atoms. The van der Waals surface area contributed by atoms with E-state index in [0.29, 0.717) is 58.1 Å². The predicted molar refractivity (Wildman–Crippen MR) is 137 cm³/mol. The average Bonchev–Trinajstić information content (AvgIpc) is 3.19. The quantitative estimate of drug-likeness (QED) is 0.368. The number of para-hydroxylation sites is 1. The van der Waals surface area contributed by atoms with E-state index in [4.69, 9.17) is 38.9 Å². The van der Waals surface area contributed by atoms with Gasteiger partial charge in [-0.3, -0.25) is 9.36 Å². The number of rotatable bonds is 6. The SMILES string of the molecule is NC(=O)[C@H]1CC[C@@H](n2c(Nc3c(Cl)cccc3Cl)nc3cnc(NC4CCC[C@@H](O)C4)nc32)CC1. The summed E-state index contributed by atoms with van der Waals surface area (Å²) in [7, 11) is 0. The van der Waals surface area contributed by atoms with Crippen LogP contribution in [0.4, 0.5) is 17.6 Å². The standard InChI is InChI=1S/C24H29Cl2N7O2/c25-17-5-2-6-18(26)20(17)31-24-30-19-12-28-23(29-14-3-1-4-16(34)11-14)32-22(19)33(24)15-9-7-13(8-10-15)21(27)35/h2,5-6,12-16,34H,1,3-4,7-11H2,(H2,27,35)(H,30,31)(H,28,29,32)/t13-,14?,15+,16-/m1/s1. The zero-order chi connectivity index (χ0) is 24.5. The number of fused-ring (bicyclic) bond motifs is 1. The van der Waals surface area contributed by atoms with Gasteiger partial charge >= 0.3 is 0 Å². The van der Waals surface area contributed by atoms with Crippen molar-refractivity contribution in [2.24, 2.45) is 11.7 Å². The lowest BCUT2D eigenvalue weighted by Gasteiger charge is -2.29. The van der Waals surface area contributed by atoms with Gasteiger partial charge in [-0.25, -0.2) is 9.97 Å². The molecule has 11 heteroatoms. The van der Waals surface area contributed by atoms with Crippen molar-refractivity contribution in [3.05, 3.63) is 34.4 Å². The number of primary amides is 1. The Morgan fingerprint density at radius 2 is 1.83 bits per heavy atom. The third-order valence-electron chi connectivity index (χ3n) is 7.08. The Balaban J connectivity index is 1.51. The maximum absolute atomic E-state index is 11.7. The second kappa shape index (κ2) is 10.2. The number of aliphatic hydroxyl groups excluding tert-OH is 1. The van der Waals surface area contributed by atoms with Gasteiger partial charge < -0.3 is 21.5 Å². The summed E-state index contributed by atoms with van der Waals surface area (Å²) in [6, 6.07) is 5.51. The number of nitrogens with one attached hydrogen (secondary N) is 2. The summed E-state index contributed by atoms with van der Waals surface area (Å²) < 4.78 is 2.06. The first-order valence-corrected chi connectivity index (χ1v) is 12.8. The molecule has 2 heterocycles. The third kappa shape index (κ3) is 5.17. The molecule has 5 rings (SSSR count). The van der Waals surface area contributed by atoms with Crippen LogP contribution in [0.25, 0.3) is 11.2 Å². The molecule has 1 unspecified atom stereocenters. The average molecular weight is 518 g/mol. The highest BCUT2D eigenvalue weighted by Gasteiger charge is 2.30. The minimum Gasteiger partial charge on any atom is -0.393 e. The van der Waals surface area contributed by atoms with E-state index >= 15 is 0 Å². The number of aromatic nitrogens is 4. The molecule has 2 saturated carbocycles. The number of nitrogens with two attached hydrogens (primary N) is 1. The molecule has 1 aromatic carbocycles. The topological polar surface area (TPSA) is 131 Å². The molecule has 2 aliphatic carbocycles. The van der Waals surface area contributed by atoms with Gasteiger partial charge in [-0.05, 0) is 63.5 Å². The van der Waals surface area contributed by atoms with Crippen LogP contribution in [0.2, 0.25) is 10.0 Å². The number of carbonyl (C=O) groups is 1. The minimum absolute atomic E-state index is 0.0682. The molecule has 2 aromatic heterocycles. The van der Waals surface area contributed by atoms with Gasteiger partial charge in [0, 0.05) is 18.0 Å². The summed E-state index contributed by atoms with van der Waals surface area (Å²) in [4.78, 5) is 25.8. The zero-order valence-corrected chi connectivity index (χ0v) is 20.8. The highest BCUT2D eigenvalue weighted by Crippen LogP contribution is 2.39. The number of anilines is 3. The molecule has 0 saturated heterocycles. The number of benzene rings is 1. The first-order chi connectivity index (χ1) is 16.9. The number of hydrogen-bond acceptors (Lipinski definition) is 7. The summed E-state index contributed by atoms with van der Waals surface area (Å²) >= 11 is 12.8. The second-order valence-electron chi connectivity index (χ2n) is 9.50. The number of nitrogens with zero attached hydrogens (tertiary/aromatic N) is 4. The monoisotopic (exact) mass is 517 g/mol. The van der Waals surface area contributed by atoms with Crippen LogP contribution in [0.5, 0.6) is 0 Å². The van der Waals surface area contributed by atoms with Crippen molar-refractivity contribution in [3.8, 4) is 0 Å². The molecular formula is C24H29Cl2N7O2. The molecule has 2 fully saturated rings. The van der Waals surface area contributed by atoms with E-state index in [1.165, 1.54) is 0 Å². The first-order valence-electron chi connectivity index (χ1n) is 12.1. The normalized spacial score (nSPS) is 24.9. The lowest BCUT2D eigenvalue weighted by atomic mass is 9.85. The lowest BCUT2D eigenvalue weighted by Crippen LogP contribution is -2.30. The molecule has 5 N–H and O–H groups in total. The van der Waals surface area contributed by atoms with Crippen LogP contribution < -0.4 is 16.4 Å². The van der Waals surface area contributed by atoms with Crippen LogP contribution in [0.3, 0.4) is 0 Å². The van der Waals surface area contributed by atoms with Crippen LogP contribution in [-0.2, 0) is 4.79 Å². The van der Waals surface area contributed by atoms with Crippen LogP contribution in [-0.4, -0.2) is 42.7 Å². The number of halogens is 2. The van der Waals surface area contributed by atoms with Gasteiger partial charge in [-0.15, -0.1) is 0 Å². The van der Waals surface area contributed by atoms with Crippen LogP contribution >= 0.6 is 23.2 Å². The van der Waals surface area contributed by atoms with Crippen molar-refractivity contribution in [3.63, 3.8) is 0 Å². The van der Waals surface area contributed by atoms with Gasteiger partial charge in [0.2, 0.25) is 17.8 Å². The summed E-state index contributed by atoms with van der Waals surface area (Å²) in [5, 5.41) is 17.7. The van der Waals surface area contributed by atoms with E-state index in [1.807, 2.05) is 0 Å². The fourth-order valence-corrected chi connectivity index (χ4v) is 5.71. The van der Waals surface area contributed by atoms with Crippen molar-refractivity contribution in [1.82, 2.24) is 19.5 Å². The Morgan fingerprint density at radius 1 is 1.09 bits per heavy atom. The van der Waals surface area contributed by atoms with Gasteiger partial charge in [-0.2, -0.15) is 4.98 Å². The number of carbonyl (C=O) groups excluding carboxylic acids is 1. The Morgan fingerprint density at radius 3 is 2.51 bits per heavy atom. The van der Waals surface area contributed by atoms with E-state index in [-0.39, 0.29) is 30.0 Å². The molecule has 2 atom stereocenters. The van der Waals surface area contributed by atoms with Gasteiger partial charge in [-0.1, -0.05) is 29.3 Å². The molecule has 9 nitrogen and oxygen atoms in total. The Bertz CT molecular complexity index is 1210. The fraction of sp³-hybridized carbons (Fsp3) is 0.500. The van der Waals surface area contributed by atoms with E-state index in [0.717, 1.165) is 32.1 Å². The Hall–Kier alpha value is -2.62. The highest BCUT2D eigenvalue weighted by molar-refractivity contribution is 6.39. The first kappa shape index (κ1) is 24.1. The van der Waals surface area contributed by atoms with Crippen molar-refractivity contribution in [2.45, 2.75) is 69.6 Å². The van der Waals surface area contributed by atoms with Crippen molar-refractivity contribution < 1.29 is 9.90 Å². The molecule has 186 valence electrons. The molecule has 1 amide bonds. The van der Waals surface area contributed by atoms with E-state index in [9.17, 15) is 9.90 Å². The van der Waals surface area contributed by atoms with E-state index < -0.39 is 0 Å². The summed E-state index contributed by atoms with van der Waals surface area (Å²) in [5.41, 5.74) is 7.46. The molecule has 0 spiro atoms. The maximum Gasteiger partial charge on any atom is 0.224 e. The number of aliphatic hydroxyl groups is 1. The van der Waals surface area contributed by atoms with Crippen molar-refractivity contribution in [1.29, 1.82) is 0 Å². The van der Waals surface area contributed by atoms with Gasteiger partial charge in [0.05, 0.1) is 28.0 Å². The lowest BCUT2D eigenvalue weighted by molar-refractivity contribution is -0.122. The van der Waals surface area contributed by atoms with Crippen molar-refractivity contribution in [2.75, 3.05) is 10.6 Å². The van der Waals surface area contributed by atoms with E-state index in [1.54, 1.807) is 24.4 Å². The molecule has 3 aromatic rings. The van der Waals surface area contributed by atoms with Gasteiger partial charge in [0.1, 0.15) is 5.52 Å². The number of imidazole rings is 1. The molecule has 2 aliphatic rings. The Kier molecular flexibility index (Phi) is 7.00. The Labute approximate surface area is 213 Å². The van der Waals surface area contributed by atoms with Crippen molar-refractivity contribution >= 4 is 57.9 Å². The highest BCUT2D eigenvalue weighted by atomic mass is 35.5. The predicted octanol–water partition coefficient (Wildman–Crippen LogP) is 4.81. The van der Waals surface area contributed by atoms with Crippen LogP contribution in [0.1, 0.15) is 57.4 Å². The molecule has 0 bridgehead atoms. The zero-order valence-electron chi connectivity index (χ0n) is 19.3. The van der Waals surface area contributed by atoms with Crippen LogP contribution in [0.15, 0.2) is 24.4 Å². The molecule has 0 radical (unpaired) electrons.